The third-order valence-electron chi connectivity index (χ3n) is 2.25. The number of nitro groups is 1. The molecule has 1 aliphatic rings. The van der Waals surface area contributed by atoms with Crippen LogP contribution in [0.15, 0.2) is 30.0 Å². The van der Waals surface area contributed by atoms with E-state index in [9.17, 15) is 14.9 Å². The van der Waals surface area contributed by atoms with E-state index >= 15 is 0 Å². The molecule has 0 saturated heterocycles. The van der Waals surface area contributed by atoms with Crippen molar-refractivity contribution in [3.63, 3.8) is 0 Å². The molecular formula is C10H6ClNO5. The number of nitro benzene ring substituents is 1. The highest BCUT2D eigenvalue weighted by Crippen LogP contribution is 2.34. The second-order valence-electron chi connectivity index (χ2n) is 3.34. The van der Waals surface area contributed by atoms with Crippen LogP contribution in [0.1, 0.15) is 11.7 Å². The first kappa shape index (κ1) is 11.4. The quantitative estimate of drug-likeness (QED) is 0.497. The fraction of sp³-hybridized carbons (Fsp3) is 0.100. The molecule has 0 bridgehead atoms. The Bertz CT molecular complexity index is 539. The molecule has 1 atom stereocenters. The number of esters is 1. The molecule has 0 aliphatic carbocycles. The van der Waals surface area contributed by atoms with E-state index in [0.29, 0.717) is 0 Å². The summed E-state index contributed by atoms with van der Waals surface area (Å²) in [5, 5.41) is 20.1. The SMILES string of the molecule is O=C1OC(c2ccc(Cl)cc2[N+](=O)[O-])C=C1O. The van der Waals surface area contributed by atoms with Crippen molar-refractivity contribution in [1.29, 1.82) is 0 Å². The summed E-state index contributed by atoms with van der Waals surface area (Å²) >= 11 is 5.65. The van der Waals surface area contributed by atoms with Crippen LogP contribution in [0, 0.1) is 10.1 Å². The fourth-order valence-corrected chi connectivity index (χ4v) is 1.66. The van der Waals surface area contributed by atoms with Crippen LogP contribution in [0.5, 0.6) is 0 Å². The van der Waals surface area contributed by atoms with Crippen molar-refractivity contribution in [2.75, 3.05) is 0 Å². The highest BCUT2D eigenvalue weighted by Gasteiger charge is 2.31. The minimum absolute atomic E-state index is 0.164. The Labute approximate surface area is 100 Å². The number of aliphatic hydroxyl groups excluding tert-OH is 1. The number of hydrogen-bond acceptors (Lipinski definition) is 5. The number of halogens is 1. The Morgan fingerprint density at radius 2 is 2.18 bits per heavy atom. The second-order valence-corrected chi connectivity index (χ2v) is 3.77. The molecular weight excluding hydrogens is 250 g/mol. The number of ether oxygens (including phenoxy) is 1. The highest BCUT2D eigenvalue weighted by molar-refractivity contribution is 6.30. The summed E-state index contributed by atoms with van der Waals surface area (Å²) in [6, 6.07) is 3.99. The van der Waals surface area contributed by atoms with E-state index in [1.807, 2.05) is 0 Å². The lowest BCUT2D eigenvalue weighted by atomic mass is 10.1. The van der Waals surface area contributed by atoms with E-state index in [1.165, 1.54) is 12.1 Å². The van der Waals surface area contributed by atoms with E-state index in [1.54, 1.807) is 0 Å². The van der Waals surface area contributed by atoms with E-state index < -0.39 is 22.8 Å². The van der Waals surface area contributed by atoms with Crippen LogP contribution in [0.3, 0.4) is 0 Å². The molecule has 0 amide bonds. The molecule has 17 heavy (non-hydrogen) atoms. The summed E-state index contributed by atoms with van der Waals surface area (Å²) in [6.07, 6.45) is 0.152. The first-order valence-corrected chi connectivity index (χ1v) is 4.92. The topological polar surface area (TPSA) is 89.7 Å². The van der Waals surface area contributed by atoms with Gasteiger partial charge in [0.2, 0.25) is 5.76 Å². The molecule has 0 radical (unpaired) electrons. The molecule has 6 nitrogen and oxygen atoms in total. The molecule has 2 rings (SSSR count). The van der Waals surface area contributed by atoms with Gasteiger partial charge in [-0.25, -0.2) is 4.79 Å². The van der Waals surface area contributed by atoms with Crippen molar-refractivity contribution in [2.45, 2.75) is 6.10 Å². The third-order valence-corrected chi connectivity index (χ3v) is 2.48. The standard InChI is InChI=1S/C10H6ClNO5/c11-5-1-2-6(7(3-5)12(15)16)9-4-8(13)10(14)17-9/h1-4,9,13H. The fourth-order valence-electron chi connectivity index (χ4n) is 1.49. The lowest BCUT2D eigenvalue weighted by Crippen LogP contribution is -2.04. The van der Waals surface area contributed by atoms with Gasteiger partial charge in [0.05, 0.1) is 10.5 Å². The van der Waals surface area contributed by atoms with Crippen LogP contribution in [-0.4, -0.2) is 16.0 Å². The largest absolute Gasteiger partial charge is 0.502 e. The molecule has 1 unspecified atom stereocenters. The summed E-state index contributed by atoms with van der Waals surface area (Å²) in [7, 11) is 0. The maximum Gasteiger partial charge on any atom is 0.374 e. The Balaban J connectivity index is 2.46. The zero-order chi connectivity index (χ0) is 12.6. The normalized spacial score (nSPS) is 18.8. The molecule has 0 spiro atoms. The second kappa shape index (κ2) is 4.06. The van der Waals surface area contributed by atoms with Crippen molar-refractivity contribution >= 4 is 23.3 Å². The van der Waals surface area contributed by atoms with Crippen molar-refractivity contribution < 1.29 is 19.6 Å². The summed E-state index contributed by atoms with van der Waals surface area (Å²) in [5.41, 5.74) is -0.0990. The van der Waals surface area contributed by atoms with Gasteiger partial charge in [0.25, 0.3) is 5.69 Å². The molecule has 0 saturated carbocycles. The van der Waals surface area contributed by atoms with Crippen molar-refractivity contribution in [2.24, 2.45) is 0 Å². The molecule has 0 fully saturated rings. The summed E-state index contributed by atoms with van der Waals surface area (Å²) in [4.78, 5) is 21.2. The van der Waals surface area contributed by atoms with E-state index in [4.69, 9.17) is 21.4 Å². The van der Waals surface area contributed by atoms with Gasteiger partial charge < -0.3 is 9.84 Å². The van der Waals surface area contributed by atoms with Crippen molar-refractivity contribution in [3.05, 3.63) is 50.7 Å². The van der Waals surface area contributed by atoms with Crippen LogP contribution in [0.4, 0.5) is 5.69 Å². The molecule has 1 aromatic carbocycles. The van der Waals surface area contributed by atoms with Gasteiger partial charge in [0.15, 0.2) is 6.10 Å². The Kier molecular flexibility index (Phi) is 2.72. The van der Waals surface area contributed by atoms with Crippen LogP contribution < -0.4 is 0 Å². The van der Waals surface area contributed by atoms with Gasteiger partial charge in [-0.05, 0) is 12.1 Å². The van der Waals surface area contributed by atoms with Gasteiger partial charge in [-0.2, -0.15) is 0 Å². The predicted octanol–water partition coefficient (Wildman–Crippen LogP) is 2.29. The number of carbonyl (C=O) groups excluding carboxylic acids is 1. The van der Waals surface area contributed by atoms with Gasteiger partial charge in [0, 0.05) is 17.2 Å². The molecule has 1 N–H and O–H groups in total. The predicted molar refractivity (Wildman–Crippen MR) is 57.7 cm³/mol. The number of nitrogens with zero attached hydrogens (tertiary/aromatic N) is 1. The number of hydrogen-bond donors (Lipinski definition) is 1. The number of benzene rings is 1. The smallest absolute Gasteiger partial charge is 0.374 e. The number of carbonyl (C=O) groups is 1. The number of rotatable bonds is 2. The van der Waals surface area contributed by atoms with Gasteiger partial charge in [0.1, 0.15) is 0 Å². The molecule has 1 heterocycles. The monoisotopic (exact) mass is 255 g/mol. The number of cyclic esters (lactones) is 1. The van der Waals surface area contributed by atoms with Crippen molar-refractivity contribution in [3.8, 4) is 0 Å². The first-order chi connectivity index (χ1) is 7.99. The highest BCUT2D eigenvalue weighted by atomic mass is 35.5. The first-order valence-electron chi connectivity index (χ1n) is 4.54. The van der Waals surface area contributed by atoms with Crippen LogP contribution in [0.2, 0.25) is 5.02 Å². The lowest BCUT2D eigenvalue weighted by molar-refractivity contribution is -0.386. The third kappa shape index (κ3) is 2.07. The Morgan fingerprint density at radius 3 is 2.71 bits per heavy atom. The average molecular weight is 256 g/mol. The van der Waals surface area contributed by atoms with E-state index in [2.05, 4.69) is 0 Å². The zero-order valence-corrected chi connectivity index (χ0v) is 9.05. The Hall–Kier alpha value is -2.08. The Morgan fingerprint density at radius 1 is 1.47 bits per heavy atom. The van der Waals surface area contributed by atoms with E-state index in [-0.39, 0.29) is 16.3 Å². The summed E-state index contributed by atoms with van der Waals surface area (Å²) in [6.45, 7) is 0. The summed E-state index contributed by atoms with van der Waals surface area (Å²) in [5.74, 6) is -1.46. The zero-order valence-electron chi connectivity index (χ0n) is 8.29. The minimum Gasteiger partial charge on any atom is -0.502 e. The van der Waals surface area contributed by atoms with Gasteiger partial charge in [-0.15, -0.1) is 0 Å². The van der Waals surface area contributed by atoms with Crippen LogP contribution in [-0.2, 0) is 9.53 Å². The van der Waals surface area contributed by atoms with Crippen LogP contribution in [0.25, 0.3) is 0 Å². The van der Waals surface area contributed by atoms with E-state index in [0.717, 1.165) is 12.1 Å². The molecule has 7 heteroatoms. The minimum atomic E-state index is -0.958. The van der Waals surface area contributed by atoms with Gasteiger partial charge in [-0.3, -0.25) is 10.1 Å². The maximum atomic E-state index is 11.0. The molecule has 88 valence electrons. The molecule has 1 aliphatic heterocycles. The summed E-state index contributed by atoms with van der Waals surface area (Å²) < 4.78 is 4.76. The lowest BCUT2D eigenvalue weighted by Gasteiger charge is -2.08. The molecule has 1 aromatic rings. The molecule has 0 aromatic heterocycles. The number of aliphatic hydroxyl groups is 1. The maximum absolute atomic E-state index is 11.0. The average Bonchev–Trinajstić information content (AvgIpc) is 2.59. The van der Waals surface area contributed by atoms with Gasteiger partial charge in [-0.1, -0.05) is 11.6 Å². The van der Waals surface area contributed by atoms with Gasteiger partial charge >= 0.3 is 5.97 Å². The van der Waals surface area contributed by atoms with Crippen LogP contribution >= 0.6 is 11.6 Å². The van der Waals surface area contributed by atoms with Crippen molar-refractivity contribution in [1.82, 2.24) is 0 Å².